The maximum Gasteiger partial charge on any atom is 0.124 e. The minimum Gasteiger partial charge on any atom is -0.507 e. The van der Waals surface area contributed by atoms with Gasteiger partial charge in [-0.05, 0) is 43.4 Å². The van der Waals surface area contributed by atoms with Crippen LogP contribution in [-0.4, -0.2) is 16.0 Å². The second-order valence-electron chi connectivity index (χ2n) is 7.43. The highest BCUT2D eigenvalue weighted by Gasteiger charge is 2.11. The second kappa shape index (κ2) is 14.6. The van der Waals surface area contributed by atoms with Crippen molar-refractivity contribution in [1.29, 1.82) is 0 Å². The summed E-state index contributed by atoms with van der Waals surface area (Å²) in [7, 11) is 0. The Morgan fingerprint density at radius 1 is 0.808 bits per heavy atom. The van der Waals surface area contributed by atoms with Gasteiger partial charge in [0.2, 0.25) is 0 Å². The monoisotopic (exact) mass is 361 g/mol. The summed E-state index contributed by atoms with van der Waals surface area (Å²) < 4.78 is 0. The summed E-state index contributed by atoms with van der Waals surface area (Å²) in [5.41, 5.74) is 2.53. The van der Waals surface area contributed by atoms with Crippen LogP contribution in [0, 0.1) is 0 Å². The van der Waals surface area contributed by atoms with Crippen molar-refractivity contribution in [2.24, 2.45) is 5.16 Å². The number of aromatic hydroxyl groups is 1. The molecule has 3 heteroatoms. The van der Waals surface area contributed by atoms with E-state index in [-0.39, 0.29) is 5.75 Å². The molecular weight excluding hydrogens is 322 g/mol. The van der Waals surface area contributed by atoms with Gasteiger partial charge in [-0.15, -0.1) is 0 Å². The lowest BCUT2D eigenvalue weighted by Crippen LogP contribution is -2.03. The van der Waals surface area contributed by atoms with Crippen LogP contribution < -0.4 is 0 Å². The van der Waals surface area contributed by atoms with Gasteiger partial charge >= 0.3 is 0 Å². The van der Waals surface area contributed by atoms with E-state index in [0.717, 1.165) is 19.3 Å². The molecule has 0 saturated carbocycles. The first-order valence-electron chi connectivity index (χ1n) is 10.8. The van der Waals surface area contributed by atoms with Crippen molar-refractivity contribution in [3.63, 3.8) is 0 Å². The molecule has 148 valence electrons. The summed E-state index contributed by atoms with van der Waals surface area (Å²) in [4.78, 5) is 0. The maximum absolute atomic E-state index is 10.2. The lowest BCUT2D eigenvalue weighted by Gasteiger charge is -2.10. The summed E-state index contributed by atoms with van der Waals surface area (Å²) in [6, 6.07) is 5.74. The average Bonchev–Trinajstić information content (AvgIpc) is 2.65. The van der Waals surface area contributed by atoms with Crippen molar-refractivity contribution in [3.8, 4) is 5.75 Å². The number of hydrogen-bond donors (Lipinski definition) is 2. The van der Waals surface area contributed by atoms with E-state index >= 15 is 0 Å². The Morgan fingerprint density at radius 3 is 2.00 bits per heavy atom. The smallest absolute Gasteiger partial charge is 0.124 e. The van der Waals surface area contributed by atoms with Crippen LogP contribution in [0.5, 0.6) is 5.75 Å². The first-order chi connectivity index (χ1) is 12.7. The van der Waals surface area contributed by atoms with Crippen LogP contribution in [0.1, 0.15) is 108 Å². The van der Waals surface area contributed by atoms with Gasteiger partial charge in [0.1, 0.15) is 5.75 Å². The Labute approximate surface area is 160 Å². The fourth-order valence-corrected chi connectivity index (χ4v) is 3.39. The van der Waals surface area contributed by atoms with Crippen molar-refractivity contribution in [2.75, 3.05) is 0 Å². The van der Waals surface area contributed by atoms with Crippen molar-refractivity contribution < 1.29 is 10.3 Å². The molecule has 0 amide bonds. The molecular formula is C23H39NO2. The number of nitrogens with zero attached hydrogens (tertiary/aromatic N) is 1. The van der Waals surface area contributed by atoms with Gasteiger partial charge in [-0.3, -0.25) is 0 Å². The highest BCUT2D eigenvalue weighted by molar-refractivity contribution is 6.02. The number of hydrogen-bond acceptors (Lipinski definition) is 3. The van der Waals surface area contributed by atoms with Gasteiger partial charge in [0, 0.05) is 5.56 Å². The van der Waals surface area contributed by atoms with Crippen LogP contribution in [0.3, 0.4) is 0 Å². The van der Waals surface area contributed by atoms with Gasteiger partial charge < -0.3 is 10.3 Å². The molecule has 1 aromatic carbocycles. The van der Waals surface area contributed by atoms with Crippen LogP contribution in [0.25, 0.3) is 0 Å². The summed E-state index contributed by atoms with van der Waals surface area (Å²) in [6.07, 6.45) is 16.7. The normalized spacial score (nSPS) is 11.8. The van der Waals surface area contributed by atoms with Crippen molar-refractivity contribution in [3.05, 3.63) is 29.3 Å². The minimum atomic E-state index is 0.217. The van der Waals surface area contributed by atoms with Crippen molar-refractivity contribution in [2.45, 2.75) is 104 Å². The highest BCUT2D eigenvalue weighted by atomic mass is 16.4. The van der Waals surface area contributed by atoms with Gasteiger partial charge in [0.25, 0.3) is 0 Å². The van der Waals surface area contributed by atoms with E-state index in [4.69, 9.17) is 0 Å². The molecule has 0 aliphatic heterocycles. The second-order valence-corrected chi connectivity index (χ2v) is 7.43. The molecule has 0 aliphatic rings. The van der Waals surface area contributed by atoms with Gasteiger partial charge in [-0.2, -0.15) is 0 Å². The number of oxime groups is 1. The lowest BCUT2D eigenvalue weighted by molar-refractivity contribution is 0.317. The largest absolute Gasteiger partial charge is 0.507 e. The zero-order chi connectivity index (χ0) is 19.0. The summed E-state index contributed by atoms with van der Waals surface area (Å²) in [6.45, 7) is 4.45. The van der Waals surface area contributed by atoms with E-state index in [9.17, 15) is 10.3 Å². The number of phenolic OH excluding ortho intramolecular Hbond substituents is 1. The first-order valence-corrected chi connectivity index (χ1v) is 10.8. The van der Waals surface area contributed by atoms with Crippen molar-refractivity contribution in [1.82, 2.24) is 0 Å². The highest BCUT2D eigenvalue weighted by Crippen LogP contribution is 2.23. The molecule has 0 fully saturated rings. The fourth-order valence-electron chi connectivity index (χ4n) is 3.39. The Hall–Kier alpha value is -1.51. The Kier molecular flexibility index (Phi) is 12.7. The predicted molar refractivity (Wildman–Crippen MR) is 112 cm³/mol. The number of unbranched alkanes of at least 4 members (excludes halogenated alkanes) is 10. The topological polar surface area (TPSA) is 52.8 Å². The van der Waals surface area contributed by atoms with E-state index in [1.54, 1.807) is 6.07 Å². The Balaban J connectivity index is 2.46. The third-order valence-electron chi connectivity index (χ3n) is 5.08. The molecule has 0 spiro atoms. The fraction of sp³-hybridized carbons (Fsp3) is 0.696. The van der Waals surface area contributed by atoms with Gasteiger partial charge in [-0.1, -0.05) is 89.3 Å². The molecule has 0 bridgehead atoms. The molecule has 0 aromatic heterocycles. The molecule has 26 heavy (non-hydrogen) atoms. The SMILES string of the molecule is CCCCCCCCCc1ccc(O)c(C(CCCCCCC)=NO)c1. The third kappa shape index (κ3) is 9.26. The zero-order valence-corrected chi connectivity index (χ0v) is 17.0. The van der Waals surface area contributed by atoms with Crippen LogP contribution in [0.15, 0.2) is 23.4 Å². The Bertz CT molecular complexity index is 511. The average molecular weight is 362 g/mol. The number of phenols is 1. The molecule has 0 atom stereocenters. The van der Waals surface area contributed by atoms with E-state index in [1.807, 2.05) is 12.1 Å². The molecule has 1 rings (SSSR count). The summed E-state index contributed by atoms with van der Waals surface area (Å²) >= 11 is 0. The molecule has 0 heterocycles. The minimum absolute atomic E-state index is 0.217. The van der Waals surface area contributed by atoms with Crippen LogP contribution in [-0.2, 0) is 6.42 Å². The van der Waals surface area contributed by atoms with Crippen LogP contribution >= 0.6 is 0 Å². The zero-order valence-electron chi connectivity index (χ0n) is 17.0. The molecule has 2 N–H and O–H groups in total. The molecule has 3 nitrogen and oxygen atoms in total. The first kappa shape index (κ1) is 22.5. The van der Waals surface area contributed by atoms with E-state index in [0.29, 0.717) is 17.7 Å². The van der Waals surface area contributed by atoms with Crippen LogP contribution in [0.4, 0.5) is 0 Å². The molecule has 0 radical (unpaired) electrons. The third-order valence-corrected chi connectivity index (χ3v) is 5.08. The molecule has 0 aliphatic carbocycles. The molecule has 1 aromatic rings. The predicted octanol–water partition coefficient (Wildman–Crippen LogP) is 7.22. The van der Waals surface area contributed by atoms with Crippen molar-refractivity contribution >= 4 is 5.71 Å². The quantitative estimate of drug-likeness (QED) is 0.150. The number of benzene rings is 1. The molecule has 0 unspecified atom stereocenters. The number of rotatable bonds is 15. The molecule has 0 saturated heterocycles. The Morgan fingerprint density at radius 2 is 1.38 bits per heavy atom. The summed E-state index contributed by atoms with van der Waals surface area (Å²) in [5.74, 6) is 0.217. The van der Waals surface area contributed by atoms with Gasteiger partial charge in [-0.25, -0.2) is 0 Å². The van der Waals surface area contributed by atoms with E-state index < -0.39 is 0 Å². The van der Waals surface area contributed by atoms with Gasteiger partial charge in [0.05, 0.1) is 5.71 Å². The maximum atomic E-state index is 10.2. The van der Waals surface area contributed by atoms with E-state index in [2.05, 4.69) is 19.0 Å². The van der Waals surface area contributed by atoms with Crippen LogP contribution in [0.2, 0.25) is 0 Å². The van der Waals surface area contributed by atoms with Gasteiger partial charge in [0.15, 0.2) is 0 Å². The summed E-state index contributed by atoms with van der Waals surface area (Å²) in [5, 5.41) is 23.0. The van der Waals surface area contributed by atoms with E-state index in [1.165, 1.54) is 69.8 Å². The number of aryl methyl sites for hydroxylation is 1. The standard InChI is InChI=1S/C23H39NO2/c1-3-5-7-9-10-12-13-15-20-17-18-23(25)21(19-20)22(24-26)16-14-11-8-6-4-2/h17-19,25-26H,3-16H2,1-2H3. The lowest BCUT2D eigenvalue weighted by atomic mass is 9.98.